The summed E-state index contributed by atoms with van der Waals surface area (Å²) < 4.78 is 12.6. The van der Waals surface area contributed by atoms with Gasteiger partial charge in [-0.15, -0.1) is 0 Å². The largest absolute Gasteiger partial charge is 0.493 e. The Kier molecular flexibility index (Phi) is 4.77. The Morgan fingerprint density at radius 3 is 2.57 bits per heavy atom. The maximum atomic E-state index is 12.8. The Morgan fingerprint density at radius 1 is 1.14 bits per heavy atom. The van der Waals surface area contributed by atoms with E-state index in [1.54, 1.807) is 18.9 Å². The number of rotatable bonds is 6. The second-order valence-electron chi connectivity index (χ2n) is 6.83. The van der Waals surface area contributed by atoms with E-state index in [-0.39, 0.29) is 5.91 Å². The number of nitrogens with one attached hydrogen (secondary N) is 1. The average molecular weight is 377 g/mol. The number of carbonyl (C=O) groups excluding carboxylic acids is 1. The second-order valence-corrected chi connectivity index (χ2v) is 6.83. The van der Waals surface area contributed by atoms with Gasteiger partial charge in [-0.1, -0.05) is 30.3 Å². The summed E-state index contributed by atoms with van der Waals surface area (Å²) in [5.41, 5.74) is 5.74. The van der Waals surface area contributed by atoms with Gasteiger partial charge >= 0.3 is 0 Å². The van der Waals surface area contributed by atoms with Crippen molar-refractivity contribution in [2.75, 3.05) is 20.8 Å². The zero-order valence-corrected chi connectivity index (χ0v) is 16.3. The highest BCUT2D eigenvalue weighted by molar-refractivity contribution is 5.97. The van der Waals surface area contributed by atoms with Crippen molar-refractivity contribution in [2.45, 2.75) is 12.8 Å². The van der Waals surface area contributed by atoms with E-state index in [9.17, 15) is 4.79 Å². The van der Waals surface area contributed by atoms with Gasteiger partial charge in [0.05, 0.1) is 19.9 Å². The molecule has 144 valence electrons. The standard InChI is InChI=1S/C22H23N3O3/c1-25-21-16-13-19(28-3)18(27-2)12-15(16)11-17(21)20(24-25)22(26)23-10-9-14-7-5-4-6-8-14/h4-8,12-13H,9-11H2,1-3H3,(H,23,26). The lowest BCUT2D eigenvalue weighted by molar-refractivity contribution is 0.0947. The summed E-state index contributed by atoms with van der Waals surface area (Å²) in [6, 6.07) is 14.0. The van der Waals surface area contributed by atoms with Crippen LogP contribution in [0.1, 0.15) is 27.2 Å². The molecule has 1 N–H and O–H groups in total. The van der Waals surface area contributed by atoms with Crippen molar-refractivity contribution in [3.63, 3.8) is 0 Å². The molecule has 1 heterocycles. The lowest BCUT2D eigenvalue weighted by Crippen LogP contribution is -2.27. The lowest BCUT2D eigenvalue weighted by atomic mass is 10.1. The third-order valence-corrected chi connectivity index (χ3v) is 5.13. The molecular weight excluding hydrogens is 354 g/mol. The molecule has 6 heteroatoms. The maximum Gasteiger partial charge on any atom is 0.272 e. The van der Waals surface area contributed by atoms with Crippen molar-refractivity contribution in [3.8, 4) is 22.8 Å². The van der Waals surface area contributed by atoms with E-state index in [1.165, 1.54) is 5.56 Å². The molecule has 0 fully saturated rings. The minimum absolute atomic E-state index is 0.139. The number of nitrogens with zero attached hydrogens (tertiary/aromatic N) is 2. The molecule has 1 aromatic heterocycles. The smallest absolute Gasteiger partial charge is 0.272 e. The van der Waals surface area contributed by atoms with Crippen LogP contribution in [0.25, 0.3) is 11.3 Å². The number of aryl methyl sites for hydroxylation is 1. The molecule has 0 unspecified atom stereocenters. The Bertz CT molecular complexity index is 1030. The van der Waals surface area contributed by atoms with Crippen LogP contribution in [-0.4, -0.2) is 36.5 Å². The first kappa shape index (κ1) is 18.1. The SMILES string of the molecule is COc1cc2c(cc1OC)-c1c(c(C(=O)NCCc3ccccc3)nn1C)C2. The fourth-order valence-corrected chi connectivity index (χ4v) is 3.78. The molecule has 0 aliphatic heterocycles. The minimum Gasteiger partial charge on any atom is -0.493 e. The molecule has 0 atom stereocenters. The number of benzene rings is 2. The quantitative estimate of drug-likeness (QED) is 0.561. The summed E-state index contributed by atoms with van der Waals surface area (Å²) in [6.07, 6.45) is 1.44. The van der Waals surface area contributed by atoms with Gasteiger partial charge in [-0.05, 0) is 29.7 Å². The highest BCUT2D eigenvalue weighted by Gasteiger charge is 2.30. The highest BCUT2D eigenvalue weighted by atomic mass is 16.5. The average Bonchev–Trinajstić information content (AvgIpc) is 3.24. The molecule has 3 aromatic rings. The molecule has 1 amide bonds. The van der Waals surface area contributed by atoms with E-state index in [2.05, 4.69) is 22.5 Å². The second kappa shape index (κ2) is 7.38. The van der Waals surface area contributed by atoms with Crippen molar-refractivity contribution >= 4 is 5.91 Å². The van der Waals surface area contributed by atoms with E-state index >= 15 is 0 Å². The number of amides is 1. The number of methoxy groups -OCH3 is 2. The molecule has 1 aliphatic carbocycles. The molecule has 0 saturated heterocycles. The van der Waals surface area contributed by atoms with Crippen LogP contribution in [0.3, 0.4) is 0 Å². The molecule has 0 radical (unpaired) electrons. The van der Waals surface area contributed by atoms with Gasteiger partial charge in [-0.2, -0.15) is 5.10 Å². The summed E-state index contributed by atoms with van der Waals surface area (Å²) in [5, 5.41) is 7.49. The van der Waals surface area contributed by atoms with Crippen LogP contribution in [0.2, 0.25) is 0 Å². The van der Waals surface area contributed by atoms with Crippen molar-refractivity contribution in [1.29, 1.82) is 0 Å². The van der Waals surface area contributed by atoms with E-state index in [0.29, 0.717) is 30.2 Å². The van der Waals surface area contributed by atoms with Gasteiger partial charge in [0.15, 0.2) is 17.2 Å². The molecule has 0 saturated carbocycles. The molecule has 28 heavy (non-hydrogen) atoms. The van der Waals surface area contributed by atoms with Crippen LogP contribution in [0, 0.1) is 0 Å². The first-order valence-electron chi connectivity index (χ1n) is 9.25. The van der Waals surface area contributed by atoms with Gasteiger partial charge in [-0.3, -0.25) is 9.48 Å². The molecule has 2 aromatic carbocycles. The summed E-state index contributed by atoms with van der Waals surface area (Å²) in [7, 11) is 5.11. The van der Waals surface area contributed by atoms with E-state index < -0.39 is 0 Å². The van der Waals surface area contributed by atoms with Gasteiger partial charge in [0.2, 0.25) is 0 Å². The Labute approximate surface area is 164 Å². The van der Waals surface area contributed by atoms with E-state index in [0.717, 1.165) is 28.8 Å². The van der Waals surface area contributed by atoms with Crippen LogP contribution in [-0.2, 0) is 19.9 Å². The normalized spacial score (nSPS) is 11.7. The summed E-state index contributed by atoms with van der Waals surface area (Å²) in [4.78, 5) is 12.8. The lowest BCUT2D eigenvalue weighted by Gasteiger charge is -2.11. The van der Waals surface area contributed by atoms with Gasteiger partial charge in [0, 0.05) is 31.1 Å². The van der Waals surface area contributed by atoms with Crippen molar-refractivity contribution in [3.05, 3.63) is 64.8 Å². The molecule has 0 spiro atoms. The number of hydrogen-bond acceptors (Lipinski definition) is 4. The van der Waals surface area contributed by atoms with Gasteiger partial charge in [-0.25, -0.2) is 0 Å². The zero-order valence-electron chi connectivity index (χ0n) is 16.3. The molecule has 0 bridgehead atoms. The van der Waals surface area contributed by atoms with Crippen LogP contribution < -0.4 is 14.8 Å². The van der Waals surface area contributed by atoms with Crippen LogP contribution >= 0.6 is 0 Å². The number of fused-ring (bicyclic) bond motifs is 3. The molecular formula is C22H23N3O3. The summed E-state index contributed by atoms with van der Waals surface area (Å²) in [6.45, 7) is 0.572. The minimum atomic E-state index is -0.139. The number of aromatic nitrogens is 2. The zero-order chi connectivity index (χ0) is 19.7. The van der Waals surface area contributed by atoms with Gasteiger partial charge in [0.25, 0.3) is 5.91 Å². The Morgan fingerprint density at radius 2 is 1.86 bits per heavy atom. The third-order valence-electron chi connectivity index (χ3n) is 5.13. The van der Waals surface area contributed by atoms with Crippen LogP contribution in [0.4, 0.5) is 0 Å². The van der Waals surface area contributed by atoms with Gasteiger partial charge < -0.3 is 14.8 Å². The number of ether oxygens (including phenoxy) is 2. The fourth-order valence-electron chi connectivity index (χ4n) is 3.78. The monoisotopic (exact) mass is 377 g/mol. The molecule has 6 nitrogen and oxygen atoms in total. The topological polar surface area (TPSA) is 65.4 Å². The van der Waals surface area contributed by atoms with Crippen molar-refractivity contribution in [1.82, 2.24) is 15.1 Å². The fraction of sp³-hybridized carbons (Fsp3) is 0.273. The number of hydrogen-bond donors (Lipinski definition) is 1. The Hall–Kier alpha value is -3.28. The summed E-state index contributed by atoms with van der Waals surface area (Å²) in [5.74, 6) is 1.22. The first-order valence-corrected chi connectivity index (χ1v) is 9.25. The van der Waals surface area contributed by atoms with E-state index in [4.69, 9.17) is 9.47 Å². The number of carbonyl (C=O) groups is 1. The maximum absolute atomic E-state index is 12.8. The Balaban J connectivity index is 1.56. The van der Waals surface area contributed by atoms with Crippen molar-refractivity contribution in [2.24, 2.45) is 7.05 Å². The van der Waals surface area contributed by atoms with Crippen LogP contribution in [0.5, 0.6) is 11.5 Å². The molecule has 1 aliphatic rings. The van der Waals surface area contributed by atoms with Gasteiger partial charge in [0.1, 0.15) is 0 Å². The predicted octanol–water partition coefficient (Wildman–Crippen LogP) is 2.98. The third kappa shape index (κ3) is 3.11. The van der Waals surface area contributed by atoms with Crippen LogP contribution in [0.15, 0.2) is 42.5 Å². The van der Waals surface area contributed by atoms with E-state index in [1.807, 2.05) is 37.4 Å². The summed E-state index contributed by atoms with van der Waals surface area (Å²) >= 11 is 0. The van der Waals surface area contributed by atoms with Crippen molar-refractivity contribution < 1.29 is 14.3 Å². The molecule has 4 rings (SSSR count). The predicted molar refractivity (Wildman–Crippen MR) is 107 cm³/mol. The first-order chi connectivity index (χ1) is 13.6. The highest BCUT2D eigenvalue weighted by Crippen LogP contribution is 2.43.